The van der Waals surface area contributed by atoms with Crippen LogP contribution in [0.25, 0.3) is 0 Å². The number of anilines is 2. The molecule has 21 heavy (non-hydrogen) atoms. The molecule has 0 bridgehead atoms. The highest BCUT2D eigenvalue weighted by Gasteiger charge is 2.09. The zero-order chi connectivity index (χ0) is 15.8. The highest BCUT2D eigenvalue weighted by molar-refractivity contribution is 5.93. The van der Waals surface area contributed by atoms with Gasteiger partial charge in [-0.05, 0) is 6.07 Å². The van der Waals surface area contributed by atoms with Crippen LogP contribution in [0.2, 0.25) is 0 Å². The molecule has 0 unspecified atom stereocenters. The first kappa shape index (κ1) is 16.1. The van der Waals surface area contributed by atoms with Crippen molar-refractivity contribution in [3.05, 3.63) is 18.2 Å². The van der Waals surface area contributed by atoms with E-state index in [-0.39, 0.29) is 5.75 Å². The number of rotatable bonds is 3. The second-order valence-corrected chi connectivity index (χ2v) is 3.79. The molecule has 0 heterocycles. The van der Waals surface area contributed by atoms with Crippen molar-refractivity contribution in [2.24, 2.45) is 0 Å². The second-order valence-electron chi connectivity index (χ2n) is 3.79. The Morgan fingerprint density at radius 3 is 1.67 bits per heavy atom. The van der Waals surface area contributed by atoms with E-state index in [9.17, 15) is 14.4 Å². The Labute approximate surface area is 121 Å². The van der Waals surface area contributed by atoms with Gasteiger partial charge < -0.3 is 31.3 Å². The van der Waals surface area contributed by atoms with E-state index in [1.54, 1.807) is 0 Å². The lowest BCUT2D eigenvalue weighted by atomic mass is 10.2. The van der Waals surface area contributed by atoms with Gasteiger partial charge in [-0.2, -0.15) is 0 Å². The van der Waals surface area contributed by atoms with E-state index in [4.69, 9.17) is 4.74 Å². The van der Waals surface area contributed by atoms with Crippen LogP contribution in [0.4, 0.5) is 25.8 Å². The van der Waals surface area contributed by atoms with Crippen LogP contribution < -0.4 is 31.3 Å². The quantitative estimate of drug-likeness (QED) is 0.569. The van der Waals surface area contributed by atoms with Gasteiger partial charge in [0.05, 0.1) is 0 Å². The van der Waals surface area contributed by atoms with Gasteiger partial charge in [-0.3, -0.25) is 0 Å². The van der Waals surface area contributed by atoms with Crippen molar-refractivity contribution < 1.29 is 19.1 Å². The average molecular weight is 295 g/mol. The van der Waals surface area contributed by atoms with Gasteiger partial charge >= 0.3 is 18.2 Å². The van der Waals surface area contributed by atoms with Gasteiger partial charge in [0, 0.05) is 44.7 Å². The molecule has 0 aliphatic heterocycles. The highest BCUT2D eigenvalue weighted by atomic mass is 16.5. The number of urea groups is 2. The Morgan fingerprint density at radius 1 is 0.810 bits per heavy atom. The third kappa shape index (κ3) is 5.27. The minimum Gasteiger partial charge on any atom is -0.410 e. The number of hydrogen-bond donors (Lipinski definition) is 5. The molecule has 0 saturated carbocycles. The van der Waals surface area contributed by atoms with Crippen LogP contribution in [0.1, 0.15) is 0 Å². The van der Waals surface area contributed by atoms with Crippen LogP contribution >= 0.6 is 0 Å². The molecule has 0 aliphatic carbocycles. The maximum absolute atomic E-state index is 11.3. The van der Waals surface area contributed by atoms with Crippen LogP contribution in [0, 0.1) is 0 Å². The molecule has 5 amide bonds. The Balaban J connectivity index is 3.03. The highest BCUT2D eigenvalue weighted by Crippen LogP contribution is 2.24. The number of carbonyl (C=O) groups excluding carboxylic acids is 3. The topological polar surface area (TPSA) is 121 Å². The van der Waals surface area contributed by atoms with Gasteiger partial charge in [-0.15, -0.1) is 0 Å². The van der Waals surface area contributed by atoms with Crippen LogP contribution in [0.15, 0.2) is 18.2 Å². The fourth-order valence-corrected chi connectivity index (χ4v) is 1.35. The summed E-state index contributed by atoms with van der Waals surface area (Å²) in [6.07, 6.45) is -0.669. The van der Waals surface area contributed by atoms with Crippen molar-refractivity contribution in [2.75, 3.05) is 31.8 Å². The van der Waals surface area contributed by atoms with E-state index in [0.717, 1.165) is 0 Å². The van der Waals surface area contributed by atoms with Gasteiger partial charge in [-0.25, -0.2) is 14.4 Å². The zero-order valence-electron chi connectivity index (χ0n) is 11.9. The zero-order valence-corrected chi connectivity index (χ0v) is 11.9. The first-order valence-corrected chi connectivity index (χ1v) is 6.00. The third-order valence-corrected chi connectivity index (χ3v) is 2.29. The monoisotopic (exact) mass is 295 g/mol. The van der Waals surface area contributed by atoms with Gasteiger partial charge in [0.15, 0.2) is 0 Å². The van der Waals surface area contributed by atoms with E-state index in [1.807, 2.05) is 0 Å². The standard InChI is InChI=1S/C12H17N5O4/c1-13-10(18)16-7-4-8(17-11(19)14-2)6-9(5-7)21-12(20)15-3/h4-6H,1-3H3,(H,15,20)(H2,13,16,18)(H2,14,17,19). The summed E-state index contributed by atoms with van der Waals surface area (Å²) >= 11 is 0. The largest absolute Gasteiger partial charge is 0.412 e. The molecule has 0 radical (unpaired) electrons. The van der Waals surface area contributed by atoms with E-state index < -0.39 is 18.2 Å². The molecule has 1 aromatic rings. The molecule has 9 nitrogen and oxygen atoms in total. The van der Waals surface area contributed by atoms with Crippen LogP contribution in [-0.2, 0) is 0 Å². The molecule has 0 aromatic heterocycles. The molecule has 0 spiro atoms. The minimum absolute atomic E-state index is 0.162. The number of ether oxygens (including phenoxy) is 1. The predicted molar refractivity (Wildman–Crippen MR) is 77.7 cm³/mol. The van der Waals surface area contributed by atoms with Crippen LogP contribution in [-0.4, -0.2) is 39.3 Å². The maximum atomic E-state index is 11.3. The predicted octanol–water partition coefficient (Wildman–Crippen LogP) is 0.907. The molecule has 1 rings (SSSR count). The fourth-order valence-electron chi connectivity index (χ4n) is 1.35. The lowest BCUT2D eigenvalue weighted by molar-refractivity contribution is 0.203. The lowest BCUT2D eigenvalue weighted by Crippen LogP contribution is -2.26. The summed E-state index contributed by atoms with van der Waals surface area (Å²) in [5, 5.41) is 12.1. The first-order chi connectivity index (χ1) is 9.98. The fraction of sp³-hybridized carbons (Fsp3) is 0.250. The number of benzene rings is 1. The van der Waals surface area contributed by atoms with Crippen molar-refractivity contribution in [1.29, 1.82) is 0 Å². The molecule has 0 saturated heterocycles. The summed E-state index contributed by atoms with van der Waals surface area (Å²) in [5.41, 5.74) is 0.698. The molecular weight excluding hydrogens is 278 g/mol. The van der Waals surface area contributed by atoms with Crippen molar-refractivity contribution in [2.45, 2.75) is 0 Å². The molecule has 9 heteroatoms. The Bertz CT molecular complexity index is 458. The van der Waals surface area contributed by atoms with Crippen molar-refractivity contribution in [3.63, 3.8) is 0 Å². The normalized spacial score (nSPS) is 9.29. The summed E-state index contributed by atoms with van der Waals surface area (Å²) in [4.78, 5) is 33.9. The lowest BCUT2D eigenvalue weighted by Gasteiger charge is -2.11. The molecule has 1 aromatic carbocycles. The van der Waals surface area contributed by atoms with E-state index in [2.05, 4.69) is 26.6 Å². The van der Waals surface area contributed by atoms with E-state index >= 15 is 0 Å². The smallest absolute Gasteiger partial charge is 0.410 e. The number of hydrogen-bond acceptors (Lipinski definition) is 4. The van der Waals surface area contributed by atoms with Crippen molar-refractivity contribution in [1.82, 2.24) is 16.0 Å². The molecule has 0 atom stereocenters. The number of carbonyl (C=O) groups is 3. The SMILES string of the molecule is CNC(=O)Nc1cc(NC(=O)NC)cc(OC(=O)NC)c1. The third-order valence-electron chi connectivity index (χ3n) is 2.29. The summed E-state index contributed by atoms with van der Waals surface area (Å²) < 4.78 is 4.98. The summed E-state index contributed by atoms with van der Waals surface area (Å²) in [7, 11) is 4.34. The number of amides is 5. The summed E-state index contributed by atoms with van der Waals surface area (Å²) in [6, 6.07) is 3.51. The van der Waals surface area contributed by atoms with Crippen molar-refractivity contribution >= 4 is 29.5 Å². The summed E-state index contributed by atoms with van der Waals surface area (Å²) in [5.74, 6) is 0.162. The van der Waals surface area contributed by atoms with E-state index in [1.165, 1.54) is 39.3 Å². The molecule has 5 N–H and O–H groups in total. The molecule has 114 valence electrons. The Hall–Kier alpha value is -2.97. The molecular formula is C12H17N5O4. The van der Waals surface area contributed by atoms with E-state index in [0.29, 0.717) is 11.4 Å². The maximum Gasteiger partial charge on any atom is 0.412 e. The number of nitrogens with one attached hydrogen (secondary N) is 5. The Morgan fingerprint density at radius 2 is 1.29 bits per heavy atom. The molecule has 0 aliphatic rings. The summed E-state index contributed by atoms with van der Waals surface area (Å²) in [6.45, 7) is 0. The van der Waals surface area contributed by atoms with Crippen LogP contribution in [0.5, 0.6) is 5.75 Å². The Kier molecular flexibility index (Phi) is 5.80. The minimum atomic E-state index is -0.669. The molecule has 0 fully saturated rings. The first-order valence-electron chi connectivity index (χ1n) is 6.00. The van der Waals surface area contributed by atoms with Gasteiger partial charge in [0.25, 0.3) is 0 Å². The second kappa shape index (κ2) is 7.58. The van der Waals surface area contributed by atoms with Gasteiger partial charge in [0.2, 0.25) is 0 Å². The average Bonchev–Trinajstić information content (AvgIpc) is 2.46. The van der Waals surface area contributed by atoms with Crippen molar-refractivity contribution in [3.8, 4) is 5.75 Å². The van der Waals surface area contributed by atoms with Gasteiger partial charge in [0.1, 0.15) is 5.75 Å². The van der Waals surface area contributed by atoms with Crippen LogP contribution in [0.3, 0.4) is 0 Å². The van der Waals surface area contributed by atoms with Gasteiger partial charge in [-0.1, -0.05) is 0 Å².